The summed E-state index contributed by atoms with van der Waals surface area (Å²) in [6, 6.07) is 12.5. The molecule has 116 valence electrons. The van der Waals surface area contributed by atoms with Gasteiger partial charge in [-0.1, -0.05) is 18.6 Å². The first-order valence-electron chi connectivity index (χ1n) is 8.25. The molecule has 1 fully saturated rings. The molecule has 3 aromatic rings. The second-order valence-electron chi connectivity index (χ2n) is 6.27. The maximum atomic E-state index is 4.80. The molecule has 4 nitrogen and oxygen atoms in total. The Hall–Kier alpha value is -2.49. The molecule has 4 heteroatoms. The molecule has 0 spiro atoms. The number of para-hydroxylation sites is 1. The topological polar surface area (TPSA) is 50.7 Å². The second kappa shape index (κ2) is 5.95. The first kappa shape index (κ1) is 14.1. The van der Waals surface area contributed by atoms with Crippen molar-refractivity contribution in [2.45, 2.75) is 32.2 Å². The zero-order valence-electron chi connectivity index (χ0n) is 13.2. The summed E-state index contributed by atoms with van der Waals surface area (Å²) in [5.74, 6) is 2.43. The quantitative estimate of drug-likeness (QED) is 0.781. The van der Waals surface area contributed by atoms with E-state index in [1.807, 2.05) is 30.3 Å². The van der Waals surface area contributed by atoms with Gasteiger partial charge in [0.15, 0.2) is 5.82 Å². The average molecular weight is 304 g/mol. The number of pyridine rings is 1. The highest BCUT2D eigenvalue weighted by molar-refractivity contribution is 5.90. The number of nitrogens with zero attached hydrogens (tertiary/aromatic N) is 3. The normalized spacial score (nSPS) is 16.0. The Morgan fingerprint density at radius 2 is 1.83 bits per heavy atom. The van der Waals surface area contributed by atoms with Crippen LogP contribution in [0.2, 0.25) is 0 Å². The van der Waals surface area contributed by atoms with Gasteiger partial charge in [-0.25, -0.2) is 9.97 Å². The predicted molar refractivity (Wildman–Crippen MR) is 93.2 cm³/mol. The largest absolute Gasteiger partial charge is 0.367 e. The van der Waals surface area contributed by atoms with Gasteiger partial charge in [0.25, 0.3) is 0 Å². The van der Waals surface area contributed by atoms with E-state index in [9.17, 15) is 0 Å². The minimum atomic E-state index is 0.437. The molecule has 0 aliphatic heterocycles. The number of aromatic nitrogens is 3. The standard InChI is InChI=1S/C19H20N4/c1-13(14-5-4-6-14)21-19-16-7-2-3-8-17(16)22-18(23-19)15-9-11-20-12-10-15/h2-3,7-14H,4-6H2,1H3,(H,21,22,23). The predicted octanol–water partition coefficient (Wildman–Crippen LogP) is 4.29. The summed E-state index contributed by atoms with van der Waals surface area (Å²) in [5.41, 5.74) is 1.96. The molecule has 2 aromatic heterocycles. The van der Waals surface area contributed by atoms with Crippen LogP contribution >= 0.6 is 0 Å². The van der Waals surface area contributed by atoms with Crippen LogP contribution in [0.25, 0.3) is 22.3 Å². The van der Waals surface area contributed by atoms with E-state index in [2.05, 4.69) is 23.3 Å². The molecule has 1 atom stereocenters. The minimum Gasteiger partial charge on any atom is -0.367 e. The maximum absolute atomic E-state index is 4.80. The van der Waals surface area contributed by atoms with Gasteiger partial charge in [-0.15, -0.1) is 0 Å². The van der Waals surface area contributed by atoms with E-state index in [1.54, 1.807) is 12.4 Å². The van der Waals surface area contributed by atoms with Gasteiger partial charge in [-0.05, 0) is 49.9 Å². The van der Waals surface area contributed by atoms with Crippen LogP contribution in [0.1, 0.15) is 26.2 Å². The van der Waals surface area contributed by atoms with Gasteiger partial charge in [0.2, 0.25) is 0 Å². The number of benzene rings is 1. The molecule has 1 unspecified atom stereocenters. The average Bonchev–Trinajstić information content (AvgIpc) is 2.54. The van der Waals surface area contributed by atoms with Gasteiger partial charge in [-0.3, -0.25) is 4.98 Å². The first-order chi connectivity index (χ1) is 11.3. The van der Waals surface area contributed by atoms with Crippen LogP contribution in [-0.2, 0) is 0 Å². The summed E-state index contributed by atoms with van der Waals surface area (Å²) < 4.78 is 0. The van der Waals surface area contributed by atoms with Crippen molar-refractivity contribution in [3.05, 3.63) is 48.8 Å². The molecule has 23 heavy (non-hydrogen) atoms. The number of nitrogens with one attached hydrogen (secondary N) is 1. The van der Waals surface area contributed by atoms with Crippen LogP contribution in [0, 0.1) is 5.92 Å². The van der Waals surface area contributed by atoms with Crippen molar-refractivity contribution in [2.75, 3.05) is 5.32 Å². The Morgan fingerprint density at radius 1 is 1.04 bits per heavy atom. The molecule has 2 heterocycles. The lowest BCUT2D eigenvalue weighted by molar-refractivity contribution is 0.285. The lowest BCUT2D eigenvalue weighted by atomic mass is 9.80. The smallest absolute Gasteiger partial charge is 0.162 e. The molecule has 4 rings (SSSR count). The van der Waals surface area contributed by atoms with Gasteiger partial charge < -0.3 is 5.32 Å². The molecule has 1 N–H and O–H groups in total. The van der Waals surface area contributed by atoms with E-state index in [0.29, 0.717) is 6.04 Å². The van der Waals surface area contributed by atoms with E-state index >= 15 is 0 Å². The molecule has 0 saturated heterocycles. The van der Waals surface area contributed by atoms with Crippen LogP contribution in [0.5, 0.6) is 0 Å². The van der Waals surface area contributed by atoms with Gasteiger partial charge in [-0.2, -0.15) is 0 Å². The molecular formula is C19H20N4. The Labute approximate surface area is 136 Å². The fourth-order valence-corrected chi connectivity index (χ4v) is 3.09. The highest BCUT2D eigenvalue weighted by Gasteiger charge is 2.24. The molecule has 1 aliphatic rings. The van der Waals surface area contributed by atoms with Crippen LogP contribution in [0.4, 0.5) is 5.82 Å². The fourth-order valence-electron chi connectivity index (χ4n) is 3.09. The monoisotopic (exact) mass is 304 g/mol. The molecule has 0 radical (unpaired) electrons. The number of rotatable bonds is 4. The van der Waals surface area contributed by atoms with Crippen molar-refractivity contribution >= 4 is 16.7 Å². The van der Waals surface area contributed by atoms with Gasteiger partial charge in [0.05, 0.1) is 5.52 Å². The number of hydrogen-bond donors (Lipinski definition) is 1. The number of fused-ring (bicyclic) bond motifs is 1. The van der Waals surface area contributed by atoms with Crippen molar-refractivity contribution in [1.29, 1.82) is 0 Å². The van der Waals surface area contributed by atoms with Crippen molar-refractivity contribution in [1.82, 2.24) is 15.0 Å². The van der Waals surface area contributed by atoms with E-state index < -0.39 is 0 Å². The van der Waals surface area contributed by atoms with Gasteiger partial charge in [0.1, 0.15) is 5.82 Å². The Balaban J connectivity index is 1.77. The molecule has 1 saturated carbocycles. The molecule has 1 aliphatic carbocycles. The van der Waals surface area contributed by atoms with Gasteiger partial charge in [0, 0.05) is 29.4 Å². The van der Waals surface area contributed by atoms with Crippen LogP contribution in [0.3, 0.4) is 0 Å². The molecule has 0 amide bonds. The SMILES string of the molecule is CC(Nc1nc(-c2ccncc2)nc2ccccc12)C1CCC1. The summed E-state index contributed by atoms with van der Waals surface area (Å²) in [4.78, 5) is 13.6. The zero-order valence-corrected chi connectivity index (χ0v) is 13.2. The van der Waals surface area contributed by atoms with E-state index in [0.717, 1.165) is 34.0 Å². The first-order valence-corrected chi connectivity index (χ1v) is 8.25. The van der Waals surface area contributed by atoms with Crippen LogP contribution in [0.15, 0.2) is 48.8 Å². The fraction of sp³-hybridized carbons (Fsp3) is 0.316. The van der Waals surface area contributed by atoms with Crippen molar-refractivity contribution in [3.63, 3.8) is 0 Å². The van der Waals surface area contributed by atoms with Crippen molar-refractivity contribution in [3.8, 4) is 11.4 Å². The highest BCUT2D eigenvalue weighted by atomic mass is 15.1. The van der Waals surface area contributed by atoms with E-state index in [-0.39, 0.29) is 0 Å². The summed E-state index contributed by atoms with van der Waals surface area (Å²) >= 11 is 0. The molecule has 1 aromatic carbocycles. The minimum absolute atomic E-state index is 0.437. The third-order valence-corrected chi connectivity index (χ3v) is 4.76. The Bertz CT molecular complexity index is 812. The van der Waals surface area contributed by atoms with Crippen molar-refractivity contribution in [2.24, 2.45) is 5.92 Å². The van der Waals surface area contributed by atoms with Crippen LogP contribution < -0.4 is 5.32 Å². The summed E-state index contributed by atoms with van der Waals surface area (Å²) in [7, 11) is 0. The third-order valence-electron chi connectivity index (χ3n) is 4.76. The Morgan fingerprint density at radius 3 is 2.57 bits per heavy atom. The molecule has 0 bridgehead atoms. The Kier molecular flexibility index (Phi) is 3.66. The number of anilines is 1. The zero-order chi connectivity index (χ0) is 15.6. The maximum Gasteiger partial charge on any atom is 0.162 e. The molecular weight excluding hydrogens is 284 g/mol. The summed E-state index contributed by atoms with van der Waals surface area (Å²) in [6.07, 6.45) is 7.53. The summed E-state index contributed by atoms with van der Waals surface area (Å²) in [6.45, 7) is 2.26. The lowest BCUT2D eigenvalue weighted by Crippen LogP contribution is -2.31. The van der Waals surface area contributed by atoms with E-state index in [4.69, 9.17) is 9.97 Å². The highest BCUT2D eigenvalue weighted by Crippen LogP contribution is 2.32. The lowest BCUT2D eigenvalue weighted by Gasteiger charge is -2.32. The summed E-state index contributed by atoms with van der Waals surface area (Å²) in [5, 5.41) is 4.71. The third kappa shape index (κ3) is 2.77. The second-order valence-corrected chi connectivity index (χ2v) is 6.27. The van der Waals surface area contributed by atoms with Crippen molar-refractivity contribution < 1.29 is 0 Å². The van der Waals surface area contributed by atoms with Gasteiger partial charge >= 0.3 is 0 Å². The number of hydrogen-bond acceptors (Lipinski definition) is 4. The van der Waals surface area contributed by atoms with Crippen LogP contribution in [-0.4, -0.2) is 21.0 Å². The van der Waals surface area contributed by atoms with E-state index in [1.165, 1.54) is 19.3 Å².